The molecule has 2 aromatic rings. The lowest BCUT2D eigenvalue weighted by atomic mass is 10.2. The van der Waals surface area contributed by atoms with Crippen LogP contribution in [0.4, 0.5) is 0 Å². The second-order valence-electron chi connectivity index (χ2n) is 5.07. The van der Waals surface area contributed by atoms with E-state index in [1.165, 1.54) is 0 Å². The van der Waals surface area contributed by atoms with Crippen LogP contribution in [0.5, 0.6) is 0 Å². The third kappa shape index (κ3) is 1.37. The molecule has 3 heterocycles. The van der Waals surface area contributed by atoms with Gasteiger partial charge in [-0.15, -0.1) is 0 Å². The van der Waals surface area contributed by atoms with Gasteiger partial charge in [-0.25, -0.2) is 4.52 Å². The van der Waals surface area contributed by atoms with Gasteiger partial charge >= 0.3 is 0 Å². The van der Waals surface area contributed by atoms with E-state index in [2.05, 4.69) is 15.7 Å². The molecule has 2 unspecified atom stereocenters. The number of hydrogen-bond donors (Lipinski definition) is 2. The lowest BCUT2D eigenvalue weighted by Crippen LogP contribution is -2.32. The maximum atomic E-state index is 12.2. The smallest absolute Gasteiger partial charge is 0.255 e. The van der Waals surface area contributed by atoms with E-state index < -0.39 is 0 Å². The highest BCUT2D eigenvalue weighted by Gasteiger charge is 2.53. The molecule has 1 amide bonds. The van der Waals surface area contributed by atoms with Crippen LogP contribution in [0.1, 0.15) is 10.4 Å². The van der Waals surface area contributed by atoms with Gasteiger partial charge in [0.05, 0.1) is 17.3 Å². The minimum Gasteiger partial charge on any atom is -0.349 e. The van der Waals surface area contributed by atoms with Crippen molar-refractivity contribution in [1.29, 1.82) is 0 Å². The molecule has 0 bridgehead atoms. The van der Waals surface area contributed by atoms with Gasteiger partial charge in [-0.3, -0.25) is 4.79 Å². The predicted molar refractivity (Wildman–Crippen MR) is 66.3 cm³/mol. The van der Waals surface area contributed by atoms with Gasteiger partial charge < -0.3 is 10.6 Å². The van der Waals surface area contributed by atoms with Gasteiger partial charge in [-0.2, -0.15) is 5.10 Å². The molecule has 92 valence electrons. The van der Waals surface area contributed by atoms with Gasteiger partial charge in [0.2, 0.25) is 0 Å². The Kier molecular flexibility index (Phi) is 1.99. The van der Waals surface area contributed by atoms with Gasteiger partial charge in [-0.1, -0.05) is 6.07 Å². The maximum Gasteiger partial charge on any atom is 0.255 e. The number of nitrogens with zero attached hydrogens (tertiary/aromatic N) is 2. The largest absolute Gasteiger partial charge is 0.349 e. The second-order valence-corrected chi connectivity index (χ2v) is 5.07. The molecule has 1 saturated heterocycles. The quantitative estimate of drug-likeness (QED) is 0.795. The number of fused-ring (bicyclic) bond motifs is 2. The molecule has 2 fully saturated rings. The fourth-order valence-electron chi connectivity index (χ4n) is 2.97. The SMILES string of the molecule is O=C(NC1C2CNCC21)c1cnn2ccccc12. The zero-order valence-corrected chi connectivity index (χ0v) is 9.84. The van der Waals surface area contributed by atoms with E-state index in [4.69, 9.17) is 0 Å². The number of carbonyl (C=O) groups excluding carboxylic acids is 1. The molecule has 0 spiro atoms. The first kappa shape index (κ1) is 10.1. The summed E-state index contributed by atoms with van der Waals surface area (Å²) in [7, 11) is 0. The zero-order chi connectivity index (χ0) is 12.1. The van der Waals surface area contributed by atoms with Crippen LogP contribution < -0.4 is 10.6 Å². The van der Waals surface area contributed by atoms with Gasteiger partial charge in [0.25, 0.3) is 5.91 Å². The Labute approximate surface area is 104 Å². The van der Waals surface area contributed by atoms with E-state index >= 15 is 0 Å². The average Bonchev–Trinajstić information content (AvgIpc) is 2.84. The Balaban J connectivity index is 1.57. The molecule has 0 radical (unpaired) electrons. The minimum atomic E-state index is -0.00407. The number of nitrogens with one attached hydrogen (secondary N) is 2. The van der Waals surface area contributed by atoms with E-state index in [1.807, 2.05) is 24.4 Å². The molecule has 2 atom stereocenters. The molecule has 4 rings (SSSR count). The van der Waals surface area contributed by atoms with Crippen LogP contribution in [0.3, 0.4) is 0 Å². The van der Waals surface area contributed by atoms with Crippen LogP contribution in [-0.2, 0) is 0 Å². The highest BCUT2D eigenvalue weighted by Crippen LogP contribution is 2.41. The fraction of sp³-hybridized carbons (Fsp3) is 0.385. The normalized spacial score (nSPS) is 29.2. The standard InChI is InChI=1S/C13H14N4O/c18-13(16-12-8-5-14-6-9(8)12)10-7-15-17-4-2-1-3-11(10)17/h1-4,7-9,12,14H,5-6H2,(H,16,18). The van der Waals surface area contributed by atoms with Crippen molar-refractivity contribution in [2.45, 2.75) is 6.04 Å². The van der Waals surface area contributed by atoms with Crippen LogP contribution in [0.25, 0.3) is 5.52 Å². The average molecular weight is 242 g/mol. The van der Waals surface area contributed by atoms with Crippen molar-refractivity contribution in [3.8, 4) is 0 Å². The fourth-order valence-corrected chi connectivity index (χ4v) is 2.97. The van der Waals surface area contributed by atoms with Crippen molar-refractivity contribution in [3.63, 3.8) is 0 Å². The Bertz CT molecular complexity index is 610. The van der Waals surface area contributed by atoms with Gasteiger partial charge in [0.1, 0.15) is 0 Å². The first-order chi connectivity index (χ1) is 8.84. The Hall–Kier alpha value is -1.88. The summed E-state index contributed by atoms with van der Waals surface area (Å²) in [5, 5.41) is 10.6. The van der Waals surface area contributed by atoms with Crippen LogP contribution in [-0.4, -0.2) is 34.7 Å². The van der Waals surface area contributed by atoms with Gasteiger partial charge in [-0.05, 0) is 24.0 Å². The van der Waals surface area contributed by atoms with Crippen molar-refractivity contribution in [2.75, 3.05) is 13.1 Å². The summed E-state index contributed by atoms with van der Waals surface area (Å²) in [4.78, 5) is 12.2. The molecule has 2 aromatic heterocycles. The first-order valence-electron chi connectivity index (χ1n) is 6.28. The zero-order valence-electron chi connectivity index (χ0n) is 9.84. The number of rotatable bonds is 2. The second kappa shape index (κ2) is 3.55. The first-order valence-corrected chi connectivity index (χ1v) is 6.28. The van der Waals surface area contributed by atoms with E-state index in [-0.39, 0.29) is 5.91 Å². The number of hydrogen-bond acceptors (Lipinski definition) is 3. The topological polar surface area (TPSA) is 58.4 Å². The van der Waals surface area contributed by atoms with Crippen LogP contribution in [0.2, 0.25) is 0 Å². The summed E-state index contributed by atoms with van der Waals surface area (Å²) in [5.41, 5.74) is 1.52. The van der Waals surface area contributed by atoms with Crippen LogP contribution in [0, 0.1) is 11.8 Å². The number of amides is 1. The van der Waals surface area contributed by atoms with Crippen LogP contribution >= 0.6 is 0 Å². The summed E-state index contributed by atoms with van der Waals surface area (Å²) >= 11 is 0. The van der Waals surface area contributed by atoms with Crippen molar-refractivity contribution >= 4 is 11.4 Å². The summed E-state index contributed by atoms with van der Waals surface area (Å²) in [6.45, 7) is 2.06. The molecular formula is C13H14N4O. The van der Waals surface area contributed by atoms with Crippen molar-refractivity contribution < 1.29 is 4.79 Å². The molecule has 1 aliphatic carbocycles. The van der Waals surface area contributed by atoms with E-state index in [0.29, 0.717) is 23.4 Å². The summed E-state index contributed by atoms with van der Waals surface area (Å²) in [5.74, 6) is 1.27. The number of pyridine rings is 1. The highest BCUT2D eigenvalue weighted by molar-refractivity contribution is 6.00. The van der Waals surface area contributed by atoms with Crippen molar-refractivity contribution in [3.05, 3.63) is 36.2 Å². The summed E-state index contributed by atoms with van der Waals surface area (Å²) in [6, 6.07) is 6.09. The molecule has 18 heavy (non-hydrogen) atoms. The molecular weight excluding hydrogens is 228 g/mol. The molecule has 2 N–H and O–H groups in total. The number of aromatic nitrogens is 2. The number of piperidine rings is 1. The molecule has 5 heteroatoms. The lowest BCUT2D eigenvalue weighted by molar-refractivity contribution is 0.0948. The number of carbonyl (C=O) groups is 1. The van der Waals surface area contributed by atoms with Crippen LogP contribution in [0.15, 0.2) is 30.6 Å². The predicted octanol–water partition coefficient (Wildman–Crippen LogP) is 0.282. The van der Waals surface area contributed by atoms with Crippen molar-refractivity contribution in [1.82, 2.24) is 20.2 Å². The molecule has 2 aliphatic rings. The lowest BCUT2D eigenvalue weighted by Gasteiger charge is -2.06. The van der Waals surface area contributed by atoms with Gasteiger partial charge in [0.15, 0.2) is 0 Å². The summed E-state index contributed by atoms with van der Waals surface area (Å²) < 4.78 is 1.73. The molecule has 5 nitrogen and oxygen atoms in total. The molecule has 1 saturated carbocycles. The highest BCUT2D eigenvalue weighted by atomic mass is 16.1. The monoisotopic (exact) mass is 242 g/mol. The Morgan fingerprint density at radius 1 is 1.39 bits per heavy atom. The summed E-state index contributed by atoms with van der Waals surface area (Å²) in [6.07, 6.45) is 3.49. The molecule has 1 aliphatic heterocycles. The molecule has 0 aromatic carbocycles. The third-order valence-electron chi connectivity index (χ3n) is 4.06. The van der Waals surface area contributed by atoms with E-state index in [1.54, 1.807) is 10.7 Å². The van der Waals surface area contributed by atoms with Crippen molar-refractivity contribution in [2.24, 2.45) is 11.8 Å². The Morgan fingerprint density at radius 2 is 2.22 bits per heavy atom. The maximum absolute atomic E-state index is 12.2. The van der Waals surface area contributed by atoms with Gasteiger partial charge in [0, 0.05) is 25.3 Å². The van der Waals surface area contributed by atoms with E-state index in [0.717, 1.165) is 18.6 Å². The van der Waals surface area contributed by atoms with E-state index in [9.17, 15) is 4.79 Å². The third-order valence-corrected chi connectivity index (χ3v) is 4.06. The Morgan fingerprint density at radius 3 is 3.06 bits per heavy atom. The minimum absolute atomic E-state index is 0.00407.